The highest BCUT2D eigenvalue weighted by Crippen LogP contribution is 2.22. The fraction of sp³-hybridized carbons (Fsp3) is 0.111. The summed E-state index contributed by atoms with van der Waals surface area (Å²) in [6.07, 6.45) is 0. The minimum atomic E-state index is -1.68. The Morgan fingerprint density at radius 3 is 2.58 bits per heavy atom. The van der Waals surface area contributed by atoms with Gasteiger partial charge in [0.25, 0.3) is 5.91 Å². The van der Waals surface area contributed by atoms with Gasteiger partial charge in [-0.2, -0.15) is 4.39 Å². The van der Waals surface area contributed by atoms with Crippen molar-refractivity contribution >= 4 is 17.6 Å². The second-order valence-corrected chi connectivity index (χ2v) is 3.13. The molecule has 2 N–H and O–H groups in total. The standard InChI is InChI=1S/C9H6F2N2O6/c10-4-1-2-5(13(17)18)8(11)7(4)9(16)12-19-3-6(14)15/h1-2H,3H2,(H,12,16)(H,14,15). The molecule has 0 aliphatic heterocycles. The second kappa shape index (κ2) is 5.82. The van der Waals surface area contributed by atoms with Crippen molar-refractivity contribution in [3.05, 3.63) is 39.4 Å². The maximum Gasteiger partial charge on any atom is 0.332 e. The number of halogens is 2. The van der Waals surface area contributed by atoms with Crippen molar-refractivity contribution < 1.29 is 33.2 Å². The van der Waals surface area contributed by atoms with Crippen LogP contribution in [0.2, 0.25) is 0 Å². The molecule has 0 aromatic heterocycles. The smallest absolute Gasteiger partial charge is 0.332 e. The highest BCUT2D eigenvalue weighted by Gasteiger charge is 2.26. The highest BCUT2D eigenvalue weighted by atomic mass is 19.1. The van der Waals surface area contributed by atoms with Crippen LogP contribution in [-0.2, 0) is 9.63 Å². The third kappa shape index (κ3) is 3.42. The van der Waals surface area contributed by atoms with Crippen LogP contribution in [0.3, 0.4) is 0 Å². The van der Waals surface area contributed by atoms with Gasteiger partial charge in [-0.05, 0) is 6.07 Å². The number of carbonyl (C=O) groups excluding carboxylic acids is 1. The van der Waals surface area contributed by atoms with Crippen LogP contribution in [-0.4, -0.2) is 28.5 Å². The Balaban J connectivity index is 2.99. The molecule has 102 valence electrons. The van der Waals surface area contributed by atoms with Gasteiger partial charge >= 0.3 is 11.7 Å². The number of nitrogens with one attached hydrogen (secondary N) is 1. The topological polar surface area (TPSA) is 119 Å². The van der Waals surface area contributed by atoms with Crippen LogP contribution in [0.1, 0.15) is 10.4 Å². The molecule has 0 radical (unpaired) electrons. The van der Waals surface area contributed by atoms with E-state index >= 15 is 0 Å². The maximum absolute atomic E-state index is 13.5. The first-order chi connectivity index (χ1) is 8.84. The van der Waals surface area contributed by atoms with Crippen molar-refractivity contribution in [2.24, 2.45) is 0 Å². The number of rotatable bonds is 5. The molecule has 0 unspecified atom stereocenters. The van der Waals surface area contributed by atoms with E-state index in [9.17, 15) is 28.5 Å². The van der Waals surface area contributed by atoms with Gasteiger partial charge in [0.05, 0.1) is 4.92 Å². The van der Waals surface area contributed by atoms with E-state index in [-0.39, 0.29) is 0 Å². The molecule has 0 fully saturated rings. The first kappa shape index (κ1) is 14.4. The molecule has 0 heterocycles. The minimum absolute atomic E-state index is 0.535. The van der Waals surface area contributed by atoms with E-state index in [0.717, 1.165) is 0 Å². The van der Waals surface area contributed by atoms with Crippen molar-refractivity contribution in [1.82, 2.24) is 5.48 Å². The Morgan fingerprint density at radius 1 is 1.42 bits per heavy atom. The molecule has 0 bridgehead atoms. The average molecular weight is 276 g/mol. The summed E-state index contributed by atoms with van der Waals surface area (Å²) in [6.45, 7) is -0.941. The largest absolute Gasteiger partial charge is 0.479 e. The molecular formula is C9H6F2N2O6. The Bertz CT molecular complexity index is 548. The number of hydrogen-bond donors (Lipinski definition) is 2. The second-order valence-electron chi connectivity index (χ2n) is 3.13. The maximum atomic E-state index is 13.5. The fourth-order valence-corrected chi connectivity index (χ4v) is 1.11. The Labute approximate surface area is 103 Å². The van der Waals surface area contributed by atoms with Gasteiger partial charge in [-0.3, -0.25) is 19.7 Å². The van der Waals surface area contributed by atoms with Crippen LogP contribution >= 0.6 is 0 Å². The summed E-state index contributed by atoms with van der Waals surface area (Å²) in [5.74, 6) is -5.93. The molecule has 0 spiro atoms. The summed E-state index contributed by atoms with van der Waals surface area (Å²) in [5.41, 5.74) is -0.874. The Kier molecular flexibility index (Phi) is 4.42. The van der Waals surface area contributed by atoms with Crippen molar-refractivity contribution in [3.8, 4) is 0 Å². The molecule has 1 amide bonds. The number of hydrogen-bond acceptors (Lipinski definition) is 5. The summed E-state index contributed by atoms with van der Waals surface area (Å²) in [7, 11) is 0. The van der Waals surface area contributed by atoms with Gasteiger partial charge in [0.1, 0.15) is 11.4 Å². The van der Waals surface area contributed by atoms with E-state index < -0.39 is 46.3 Å². The normalized spacial score (nSPS) is 10.0. The monoisotopic (exact) mass is 276 g/mol. The number of nitrogens with zero attached hydrogens (tertiary/aromatic N) is 1. The van der Waals surface area contributed by atoms with E-state index in [1.807, 2.05) is 0 Å². The van der Waals surface area contributed by atoms with Crippen molar-refractivity contribution in [3.63, 3.8) is 0 Å². The first-order valence-electron chi connectivity index (χ1n) is 4.61. The lowest BCUT2D eigenvalue weighted by Gasteiger charge is -2.06. The predicted molar refractivity (Wildman–Crippen MR) is 54.1 cm³/mol. The molecule has 0 saturated heterocycles. The number of aliphatic carboxylic acids is 1. The predicted octanol–water partition coefficient (Wildman–Crippen LogP) is 0.619. The Morgan fingerprint density at radius 2 is 2.05 bits per heavy atom. The van der Waals surface area contributed by atoms with E-state index in [2.05, 4.69) is 4.84 Å². The summed E-state index contributed by atoms with van der Waals surface area (Å²) in [6, 6.07) is 1.09. The van der Waals surface area contributed by atoms with Crippen molar-refractivity contribution in [2.45, 2.75) is 0 Å². The van der Waals surface area contributed by atoms with E-state index in [4.69, 9.17) is 5.11 Å². The SMILES string of the molecule is O=C(O)CONC(=O)c1c(F)ccc([N+](=O)[O-])c1F. The number of benzene rings is 1. The first-order valence-corrected chi connectivity index (χ1v) is 4.61. The molecule has 0 aliphatic carbocycles. The third-order valence-corrected chi connectivity index (χ3v) is 1.86. The molecule has 8 nitrogen and oxygen atoms in total. The lowest BCUT2D eigenvalue weighted by atomic mass is 10.1. The summed E-state index contributed by atoms with van der Waals surface area (Å²) >= 11 is 0. The van der Waals surface area contributed by atoms with Gasteiger partial charge in [-0.25, -0.2) is 14.7 Å². The van der Waals surface area contributed by atoms with Gasteiger partial charge in [0.2, 0.25) is 5.82 Å². The number of carbonyl (C=O) groups is 2. The molecule has 1 aromatic carbocycles. The lowest BCUT2D eigenvalue weighted by molar-refractivity contribution is -0.387. The third-order valence-electron chi connectivity index (χ3n) is 1.86. The molecule has 10 heteroatoms. The number of nitro groups is 1. The zero-order valence-corrected chi connectivity index (χ0v) is 9.05. The summed E-state index contributed by atoms with van der Waals surface area (Å²) in [4.78, 5) is 34.8. The van der Waals surface area contributed by atoms with Crippen LogP contribution in [0.25, 0.3) is 0 Å². The van der Waals surface area contributed by atoms with Crippen molar-refractivity contribution in [2.75, 3.05) is 6.61 Å². The zero-order valence-electron chi connectivity index (χ0n) is 9.05. The zero-order chi connectivity index (χ0) is 14.6. The van der Waals surface area contributed by atoms with Gasteiger partial charge in [-0.15, -0.1) is 0 Å². The molecule has 0 aliphatic rings. The van der Waals surface area contributed by atoms with Crippen molar-refractivity contribution in [1.29, 1.82) is 0 Å². The molecule has 19 heavy (non-hydrogen) atoms. The van der Waals surface area contributed by atoms with Gasteiger partial charge in [-0.1, -0.05) is 0 Å². The van der Waals surface area contributed by atoms with E-state index in [1.165, 1.54) is 5.48 Å². The van der Waals surface area contributed by atoms with Gasteiger partial charge in [0.15, 0.2) is 6.61 Å². The molecule has 1 aromatic rings. The molecular weight excluding hydrogens is 270 g/mol. The summed E-state index contributed by atoms with van der Waals surface area (Å²) < 4.78 is 26.7. The van der Waals surface area contributed by atoms with Crippen LogP contribution in [0.15, 0.2) is 12.1 Å². The number of carboxylic acids is 1. The van der Waals surface area contributed by atoms with Crippen LogP contribution < -0.4 is 5.48 Å². The van der Waals surface area contributed by atoms with Gasteiger partial charge < -0.3 is 5.11 Å². The van der Waals surface area contributed by atoms with Crippen LogP contribution in [0, 0.1) is 21.7 Å². The van der Waals surface area contributed by atoms with Gasteiger partial charge in [0, 0.05) is 6.07 Å². The number of nitro benzene ring substituents is 1. The molecule has 1 rings (SSSR count). The number of amides is 1. The minimum Gasteiger partial charge on any atom is -0.479 e. The average Bonchev–Trinajstić information content (AvgIpc) is 2.27. The quantitative estimate of drug-likeness (QED) is 0.601. The number of hydroxylamine groups is 1. The highest BCUT2D eigenvalue weighted by molar-refractivity contribution is 5.94. The number of carboxylic acid groups (broad SMARTS) is 1. The summed E-state index contributed by atoms with van der Waals surface area (Å²) in [5, 5.41) is 18.6. The van der Waals surface area contributed by atoms with E-state index in [0.29, 0.717) is 12.1 Å². The van der Waals surface area contributed by atoms with Crippen LogP contribution in [0.4, 0.5) is 14.5 Å². The fourth-order valence-electron chi connectivity index (χ4n) is 1.11. The Hall–Kier alpha value is -2.62. The van der Waals surface area contributed by atoms with Crippen LogP contribution in [0.5, 0.6) is 0 Å². The van der Waals surface area contributed by atoms with E-state index in [1.54, 1.807) is 0 Å². The molecule has 0 saturated carbocycles. The lowest BCUT2D eigenvalue weighted by Crippen LogP contribution is -2.28. The molecule has 0 atom stereocenters.